The molecule has 0 saturated carbocycles. The molecule has 2 aliphatic heterocycles. The molecule has 2 unspecified atom stereocenters. The fourth-order valence-electron chi connectivity index (χ4n) is 4.17. The lowest BCUT2D eigenvalue weighted by molar-refractivity contribution is -0.123. The number of pyridine rings is 1. The third-order valence-electron chi connectivity index (χ3n) is 5.66. The van der Waals surface area contributed by atoms with Gasteiger partial charge in [-0.15, -0.1) is 24.8 Å². The van der Waals surface area contributed by atoms with E-state index >= 15 is 0 Å². The molecule has 6 nitrogen and oxygen atoms in total. The molecular weight excluding hydrogens is 411 g/mol. The molecule has 0 radical (unpaired) electrons. The van der Waals surface area contributed by atoms with Crippen LogP contribution >= 0.6 is 24.8 Å². The molecule has 2 amide bonds. The van der Waals surface area contributed by atoms with Crippen molar-refractivity contribution in [2.75, 3.05) is 26.2 Å². The highest BCUT2D eigenvalue weighted by atomic mass is 35.5. The lowest BCUT2D eigenvalue weighted by Gasteiger charge is -2.33. The minimum atomic E-state index is -0.0457. The minimum absolute atomic E-state index is 0. The molecule has 1 aromatic carbocycles. The highest BCUT2D eigenvalue weighted by Crippen LogP contribution is 2.23. The van der Waals surface area contributed by atoms with Crippen LogP contribution < -0.4 is 10.6 Å². The van der Waals surface area contributed by atoms with Gasteiger partial charge in [-0.05, 0) is 55.7 Å². The van der Waals surface area contributed by atoms with E-state index in [2.05, 4.69) is 15.6 Å². The Kier molecular flexibility index (Phi) is 8.68. The average Bonchev–Trinajstić information content (AvgIpc) is 3.26. The molecule has 2 aromatic rings. The van der Waals surface area contributed by atoms with E-state index in [1.54, 1.807) is 12.4 Å². The average molecular weight is 439 g/mol. The van der Waals surface area contributed by atoms with Gasteiger partial charge in [0.25, 0.3) is 5.91 Å². The number of amides is 2. The van der Waals surface area contributed by atoms with Gasteiger partial charge in [0.2, 0.25) is 5.91 Å². The fourth-order valence-corrected chi connectivity index (χ4v) is 4.17. The zero-order valence-corrected chi connectivity index (χ0v) is 17.9. The molecule has 1 aromatic heterocycles. The van der Waals surface area contributed by atoms with Crippen LogP contribution in [-0.2, 0) is 4.79 Å². The Labute approximate surface area is 183 Å². The zero-order valence-electron chi connectivity index (χ0n) is 16.3. The van der Waals surface area contributed by atoms with Crippen LogP contribution in [0.3, 0.4) is 0 Å². The minimum Gasteiger partial charge on any atom is -0.354 e. The SMILES string of the molecule is Cl.Cl.O=C(NCC1CCCN(C(=O)c2cccc3cnccc23)C1)C1CCCN1. The topological polar surface area (TPSA) is 74.3 Å². The van der Waals surface area contributed by atoms with Crippen molar-refractivity contribution in [1.29, 1.82) is 0 Å². The summed E-state index contributed by atoms with van der Waals surface area (Å²) in [4.78, 5) is 31.4. The Morgan fingerprint density at radius 3 is 2.83 bits per heavy atom. The van der Waals surface area contributed by atoms with Gasteiger partial charge in [-0.25, -0.2) is 0 Å². The summed E-state index contributed by atoms with van der Waals surface area (Å²) in [5.41, 5.74) is 0.731. The Balaban J connectivity index is 0.00000150. The second-order valence-electron chi connectivity index (χ2n) is 7.56. The summed E-state index contributed by atoms with van der Waals surface area (Å²) >= 11 is 0. The third kappa shape index (κ3) is 5.38. The molecule has 158 valence electrons. The largest absolute Gasteiger partial charge is 0.354 e. The molecule has 3 heterocycles. The van der Waals surface area contributed by atoms with E-state index in [4.69, 9.17) is 0 Å². The Morgan fingerprint density at radius 1 is 1.17 bits per heavy atom. The van der Waals surface area contributed by atoms with Gasteiger partial charge in [0.15, 0.2) is 0 Å². The van der Waals surface area contributed by atoms with Crippen LogP contribution in [-0.4, -0.2) is 53.9 Å². The number of carbonyl (C=O) groups is 2. The number of hydrogen-bond donors (Lipinski definition) is 2. The van der Waals surface area contributed by atoms with Gasteiger partial charge >= 0.3 is 0 Å². The van der Waals surface area contributed by atoms with Gasteiger partial charge < -0.3 is 15.5 Å². The van der Waals surface area contributed by atoms with E-state index in [9.17, 15) is 9.59 Å². The monoisotopic (exact) mass is 438 g/mol. The summed E-state index contributed by atoms with van der Waals surface area (Å²) in [7, 11) is 0. The fraction of sp³-hybridized carbons (Fsp3) is 0.476. The van der Waals surface area contributed by atoms with Crippen LogP contribution in [0.2, 0.25) is 0 Å². The molecule has 2 aliphatic rings. The second kappa shape index (κ2) is 10.8. The smallest absolute Gasteiger partial charge is 0.254 e. The number of likely N-dealkylation sites (tertiary alicyclic amines) is 1. The van der Waals surface area contributed by atoms with Gasteiger partial charge in [0, 0.05) is 43.0 Å². The van der Waals surface area contributed by atoms with Crippen molar-refractivity contribution < 1.29 is 9.59 Å². The summed E-state index contributed by atoms with van der Waals surface area (Å²) in [5.74, 6) is 0.475. The van der Waals surface area contributed by atoms with Crippen LogP contribution in [0.4, 0.5) is 0 Å². The lowest BCUT2D eigenvalue weighted by atomic mass is 9.96. The van der Waals surface area contributed by atoms with Gasteiger partial charge in [-0.1, -0.05) is 12.1 Å². The van der Waals surface area contributed by atoms with Gasteiger partial charge in [-0.2, -0.15) is 0 Å². The summed E-state index contributed by atoms with van der Waals surface area (Å²) in [6.07, 6.45) is 7.51. The van der Waals surface area contributed by atoms with Crippen LogP contribution in [0, 0.1) is 5.92 Å². The number of carbonyl (C=O) groups excluding carboxylic acids is 2. The van der Waals surface area contributed by atoms with Crippen LogP contribution in [0.1, 0.15) is 36.0 Å². The van der Waals surface area contributed by atoms with Crippen molar-refractivity contribution in [2.24, 2.45) is 5.92 Å². The molecule has 0 aliphatic carbocycles. The molecule has 2 fully saturated rings. The predicted octanol–water partition coefficient (Wildman–Crippen LogP) is 2.80. The zero-order chi connectivity index (χ0) is 18.6. The Hall–Kier alpha value is -1.89. The second-order valence-corrected chi connectivity index (χ2v) is 7.56. The lowest BCUT2D eigenvalue weighted by Crippen LogP contribution is -2.46. The van der Waals surface area contributed by atoms with E-state index in [-0.39, 0.29) is 42.7 Å². The molecule has 2 saturated heterocycles. The summed E-state index contributed by atoms with van der Waals surface area (Å²) < 4.78 is 0. The maximum Gasteiger partial charge on any atom is 0.254 e. The van der Waals surface area contributed by atoms with Crippen molar-refractivity contribution in [3.63, 3.8) is 0 Å². The molecule has 0 spiro atoms. The number of nitrogens with one attached hydrogen (secondary N) is 2. The predicted molar refractivity (Wildman–Crippen MR) is 119 cm³/mol. The van der Waals surface area contributed by atoms with E-state index in [0.717, 1.165) is 55.1 Å². The molecule has 2 N–H and O–H groups in total. The summed E-state index contributed by atoms with van der Waals surface area (Å²) in [6.45, 7) is 3.03. The first kappa shape index (κ1) is 23.4. The van der Waals surface area contributed by atoms with Crippen molar-refractivity contribution in [2.45, 2.75) is 31.7 Å². The first-order valence-electron chi connectivity index (χ1n) is 9.85. The number of nitrogens with zero attached hydrogens (tertiary/aromatic N) is 2. The van der Waals surface area contributed by atoms with Gasteiger partial charge in [0.1, 0.15) is 0 Å². The van der Waals surface area contributed by atoms with Crippen LogP contribution in [0.5, 0.6) is 0 Å². The van der Waals surface area contributed by atoms with E-state index in [1.165, 1.54) is 0 Å². The third-order valence-corrected chi connectivity index (χ3v) is 5.66. The first-order chi connectivity index (χ1) is 13.2. The molecule has 0 bridgehead atoms. The van der Waals surface area contributed by atoms with E-state index in [0.29, 0.717) is 19.0 Å². The summed E-state index contributed by atoms with van der Waals surface area (Å²) in [6, 6.07) is 7.63. The number of hydrogen-bond acceptors (Lipinski definition) is 4. The van der Waals surface area contributed by atoms with Crippen LogP contribution in [0.25, 0.3) is 10.8 Å². The first-order valence-corrected chi connectivity index (χ1v) is 9.85. The molecule has 2 atom stereocenters. The van der Waals surface area contributed by atoms with Crippen molar-refractivity contribution in [1.82, 2.24) is 20.5 Å². The molecule has 29 heavy (non-hydrogen) atoms. The number of rotatable bonds is 4. The molecule has 8 heteroatoms. The molecular formula is C21H28Cl2N4O2. The van der Waals surface area contributed by atoms with Gasteiger partial charge in [-0.3, -0.25) is 14.6 Å². The highest BCUT2D eigenvalue weighted by molar-refractivity contribution is 6.06. The van der Waals surface area contributed by atoms with Crippen molar-refractivity contribution in [3.8, 4) is 0 Å². The number of benzene rings is 1. The Bertz CT molecular complexity index is 837. The maximum absolute atomic E-state index is 13.1. The van der Waals surface area contributed by atoms with Crippen molar-refractivity contribution >= 4 is 47.4 Å². The Morgan fingerprint density at radius 2 is 2.03 bits per heavy atom. The van der Waals surface area contributed by atoms with Crippen molar-refractivity contribution in [3.05, 3.63) is 42.2 Å². The van der Waals surface area contributed by atoms with Gasteiger partial charge in [0.05, 0.1) is 6.04 Å². The maximum atomic E-state index is 13.1. The normalized spacial score (nSPS) is 21.2. The van der Waals surface area contributed by atoms with E-state index < -0.39 is 0 Å². The van der Waals surface area contributed by atoms with Crippen LogP contribution in [0.15, 0.2) is 36.7 Å². The number of aromatic nitrogens is 1. The number of halogens is 2. The summed E-state index contributed by atoms with van der Waals surface area (Å²) in [5, 5.41) is 8.23. The molecule has 4 rings (SSSR count). The number of piperidine rings is 1. The number of fused-ring (bicyclic) bond motifs is 1. The standard InChI is InChI=1S/C21H26N4O2.2ClH/c26-20(19-7-2-9-23-19)24-12-15-4-3-11-25(14-15)21(27)18-6-1-5-16-13-22-10-8-17(16)18;;/h1,5-6,8,10,13,15,19,23H,2-4,7,9,11-12,14H2,(H,24,26);2*1H. The highest BCUT2D eigenvalue weighted by Gasteiger charge is 2.27. The van der Waals surface area contributed by atoms with E-state index in [1.807, 2.05) is 29.2 Å². The quantitative estimate of drug-likeness (QED) is 0.769.